The SMILES string of the molecule is Cc1cc(Nc2ccccc2C)nc(Nc2ccc(F)c(F)c2F)n1. The number of hydrogen-bond donors (Lipinski definition) is 2. The summed E-state index contributed by atoms with van der Waals surface area (Å²) in [5.41, 5.74) is 2.27. The van der Waals surface area contributed by atoms with Crippen molar-refractivity contribution in [3.8, 4) is 0 Å². The maximum absolute atomic E-state index is 13.8. The molecule has 0 radical (unpaired) electrons. The van der Waals surface area contributed by atoms with Gasteiger partial charge in [0, 0.05) is 17.4 Å². The summed E-state index contributed by atoms with van der Waals surface area (Å²) in [5, 5.41) is 5.73. The summed E-state index contributed by atoms with van der Waals surface area (Å²) in [4.78, 5) is 8.38. The lowest BCUT2D eigenvalue weighted by molar-refractivity contribution is 0.449. The zero-order valence-corrected chi connectivity index (χ0v) is 13.6. The molecule has 2 aromatic carbocycles. The largest absolute Gasteiger partial charge is 0.340 e. The van der Waals surface area contributed by atoms with Crippen LogP contribution in [-0.4, -0.2) is 9.97 Å². The smallest absolute Gasteiger partial charge is 0.229 e. The van der Waals surface area contributed by atoms with Crippen LogP contribution in [0.15, 0.2) is 42.5 Å². The van der Waals surface area contributed by atoms with Crippen LogP contribution in [0.4, 0.5) is 36.3 Å². The molecule has 0 amide bonds. The van der Waals surface area contributed by atoms with E-state index in [9.17, 15) is 13.2 Å². The van der Waals surface area contributed by atoms with E-state index in [1.807, 2.05) is 31.2 Å². The van der Waals surface area contributed by atoms with Gasteiger partial charge in [-0.3, -0.25) is 0 Å². The van der Waals surface area contributed by atoms with Gasteiger partial charge in [0.15, 0.2) is 17.5 Å². The molecule has 2 N–H and O–H groups in total. The number of halogens is 3. The molecule has 0 unspecified atom stereocenters. The highest BCUT2D eigenvalue weighted by atomic mass is 19.2. The van der Waals surface area contributed by atoms with Gasteiger partial charge in [-0.1, -0.05) is 18.2 Å². The topological polar surface area (TPSA) is 49.8 Å². The molecule has 4 nitrogen and oxygen atoms in total. The molecule has 7 heteroatoms. The van der Waals surface area contributed by atoms with Crippen molar-refractivity contribution in [1.82, 2.24) is 9.97 Å². The number of aryl methyl sites for hydroxylation is 2. The van der Waals surface area contributed by atoms with Gasteiger partial charge in [-0.2, -0.15) is 4.98 Å². The Morgan fingerprint density at radius 2 is 1.56 bits per heavy atom. The third-order valence-electron chi connectivity index (χ3n) is 3.54. The van der Waals surface area contributed by atoms with Crippen molar-refractivity contribution in [3.05, 3.63) is 71.2 Å². The summed E-state index contributed by atoms with van der Waals surface area (Å²) in [6, 6.07) is 11.3. The summed E-state index contributed by atoms with van der Waals surface area (Å²) in [6.07, 6.45) is 0. The summed E-state index contributed by atoms with van der Waals surface area (Å²) >= 11 is 0. The van der Waals surface area contributed by atoms with Crippen molar-refractivity contribution in [3.63, 3.8) is 0 Å². The quantitative estimate of drug-likeness (QED) is 0.654. The minimum absolute atomic E-state index is 0.0704. The van der Waals surface area contributed by atoms with E-state index >= 15 is 0 Å². The van der Waals surface area contributed by atoms with Gasteiger partial charge in [-0.25, -0.2) is 18.2 Å². The summed E-state index contributed by atoms with van der Waals surface area (Å²) in [6.45, 7) is 3.70. The maximum Gasteiger partial charge on any atom is 0.229 e. The number of benzene rings is 2. The second-order valence-corrected chi connectivity index (χ2v) is 5.51. The average molecular weight is 344 g/mol. The molecule has 1 aromatic heterocycles. The molecule has 0 saturated carbocycles. The number of hydrogen-bond acceptors (Lipinski definition) is 4. The van der Waals surface area contributed by atoms with Crippen molar-refractivity contribution in [2.45, 2.75) is 13.8 Å². The molecule has 0 atom stereocenters. The highest BCUT2D eigenvalue weighted by Gasteiger charge is 2.14. The molecule has 0 fully saturated rings. The Morgan fingerprint density at radius 1 is 0.800 bits per heavy atom. The van der Waals surface area contributed by atoms with Crippen LogP contribution in [-0.2, 0) is 0 Å². The molecule has 25 heavy (non-hydrogen) atoms. The first-order valence-corrected chi connectivity index (χ1v) is 7.53. The van der Waals surface area contributed by atoms with Gasteiger partial charge >= 0.3 is 0 Å². The molecule has 1 heterocycles. The fourth-order valence-corrected chi connectivity index (χ4v) is 2.28. The summed E-state index contributed by atoms with van der Waals surface area (Å²) < 4.78 is 40.2. The van der Waals surface area contributed by atoms with E-state index in [0.717, 1.165) is 23.4 Å². The Morgan fingerprint density at radius 3 is 2.32 bits per heavy atom. The molecule has 0 saturated heterocycles. The van der Waals surface area contributed by atoms with Crippen LogP contribution in [0.3, 0.4) is 0 Å². The fourth-order valence-electron chi connectivity index (χ4n) is 2.28. The average Bonchev–Trinajstić information content (AvgIpc) is 2.57. The number of para-hydroxylation sites is 1. The van der Waals surface area contributed by atoms with E-state index in [1.54, 1.807) is 13.0 Å². The normalized spacial score (nSPS) is 10.6. The van der Waals surface area contributed by atoms with Gasteiger partial charge in [0.2, 0.25) is 5.95 Å². The molecule has 3 aromatic rings. The van der Waals surface area contributed by atoms with Crippen molar-refractivity contribution in [1.29, 1.82) is 0 Å². The highest BCUT2D eigenvalue weighted by molar-refractivity contribution is 5.62. The van der Waals surface area contributed by atoms with Crippen molar-refractivity contribution in [2.75, 3.05) is 10.6 Å². The number of anilines is 4. The van der Waals surface area contributed by atoms with Gasteiger partial charge in [-0.15, -0.1) is 0 Å². The standard InChI is InChI=1S/C18H15F3N4/c1-10-5-3-4-6-13(10)23-15-9-11(2)22-18(25-15)24-14-8-7-12(19)16(20)17(14)21/h3-9H,1-2H3,(H2,22,23,24,25). The molecule has 0 aliphatic rings. The molecule has 0 aliphatic carbocycles. The Labute approximate surface area is 142 Å². The number of aromatic nitrogens is 2. The lowest BCUT2D eigenvalue weighted by Gasteiger charge is -2.12. The molecular weight excluding hydrogens is 329 g/mol. The van der Waals surface area contributed by atoms with Gasteiger partial charge < -0.3 is 10.6 Å². The van der Waals surface area contributed by atoms with Crippen LogP contribution in [0, 0.1) is 31.3 Å². The van der Waals surface area contributed by atoms with E-state index in [1.165, 1.54) is 0 Å². The lowest BCUT2D eigenvalue weighted by Crippen LogP contribution is -2.05. The first kappa shape index (κ1) is 16.8. The molecule has 0 aliphatic heterocycles. The van der Waals surface area contributed by atoms with Crippen LogP contribution in [0.1, 0.15) is 11.3 Å². The molecule has 128 valence electrons. The molecule has 0 spiro atoms. The van der Waals surface area contributed by atoms with Crippen LogP contribution in [0.2, 0.25) is 0 Å². The summed E-state index contributed by atoms with van der Waals surface area (Å²) in [5.74, 6) is -3.56. The summed E-state index contributed by atoms with van der Waals surface area (Å²) in [7, 11) is 0. The second-order valence-electron chi connectivity index (χ2n) is 5.51. The van der Waals surface area contributed by atoms with Gasteiger partial charge in [0.1, 0.15) is 5.82 Å². The van der Waals surface area contributed by atoms with Crippen LogP contribution >= 0.6 is 0 Å². The fraction of sp³-hybridized carbons (Fsp3) is 0.111. The Balaban J connectivity index is 1.90. The monoisotopic (exact) mass is 344 g/mol. The van der Waals surface area contributed by atoms with Crippen molar-refractivity contribution in [2.24, 2.45) is 0 Å². The van der Waals surface area contributed by atoms with Crippen molar-refractivity contribution >= 4 is 23.1 Å². The van der Waals surface area contributed by atoms with Crippen LogP contribution < -0.4 is 10.6 Å². The van der Waals surface area contributed by atoms with E-state index < -0.39 is 17.5 Å². The molecular formula is C18H15F3N4. The number of nitrogens with one attached hydrogen (secondary N) is 2. The Bertz CT molecular complexity index is 928. The lowest BCUT2D eigenvalue weighted by atomic mass is 10.2. The molecule has 0 bridgehead atoms. The Kier molecular flexibility index (Phi) is 4.56. The van der Waals surface area contributed by atoms with Crippen LogP contribution in [0.5, 0.6) is 0 Å². The number of rotatable bonds is 4. The van der Waals surface area contributed by atoms with Gasteiger partial charge in [0.05, 0.1) is 5.69 Å². The second kappa shape index (κ2) is 6.80. The third-order valence-corrected chi connectivity index (χ3v) is 3.54. The Hall–Kier alpha value is -3.09. The maximum atomic E-state index is 13.8. The molecule has 3 rings (SSSR count). The van der Waals surface area contributed by atoms with E-state index in [2.05, 4.69) is 20.6 Å². The van der Waals surface area contributed by atoms with Crippen molar-refractivity contribution < 1.29 is 13.2 Å². The van der Waals surface area contributed by atoms with E-state index in [4.69, 9.17) is 0 Å². The first-order chi connectivity index (χ1) is 11.9. The minimum Gasteiger partial charge on any atom is -0.340 e. The first-order valence-electron chi connectivity index (χ1n) is 7.53. The highest BCUT2D eigenvalue weighted by Crippen LogP contribution is 2.24. The van der Waals surface area contributed by atoms with Gasteiger partial charge in [-0.05, 0) is 37.6 Å². The zero-order valence-electron chi connectivity index (χ0n) is 13.6. The predicted molar refractivity (Wildman–Crippen MR) is 90.8 cm³/mol. The number of nitrogens with zero attached hydrogens (tertiary/aromatic N) is 2. The minimum atomic E-state index is -1.55. The van der Waals surface area contributed by atoms with Gasteiger partial charge in [0.25, 0.3) is 0 Å². The zero-order chi connectivity index (χ0) is 18.0. The third kappa shape index (κ3) is 3.71. The van der Waals surface area contributed by atoms with E-state index in [-0.39, 0.29) is 11.6 Å². The van der Waals surface area contributed by atoms with E-state index in [0.29, 0.717) is 11.5 Å². The van der Waals surface area contributed by atoms with Crippen LogP contribution in [0.25, 0.3) is 0 Å². The predicted octanol–water partition coefficient (Wildman–Crippen LogP) is 5.00.